The Morgan fingerprint density at radius 1 is 1.09 bits per heavy atom. The molecule has 1 atom stereocenters. The number of ether oxygens (including phenoxy) is 1. The molecule has 0 bridgehead atoms. The number of hydrogen-bond donors (Lipinski definition) is 0. The number of nitrogens with zero attached hydrogens (tertiary/aromatic N) is 4. The molecule has 10 heteroatoms. The van der Waals surface area contributed by atoms with E-state index in [9.17, 15) is 14.5 Å². The Labute approximate surface area is 211 Å². The van der Waals surface area contributed by atoms with Gasteiger partial charge in [0.05, 0.1) is 5.02 Å². The molecule has 0 radical (unpaired) electrons. The molecular formula is C25H22ClFN4O3S. The number of halogens is 2. The van der Waals surface area contributed by atoms with Crippen LogP contribution in [0.5, 0.6) is 5.75 Å². The first-order valence-electron chi connectivity index (χ1n) is 10.7. The van der Waals surface area contributed by atoms with E-state index in [2.05, 4.69) is 10.2 Å². The van der Waals surface area contributed by atoms with Crippen molar-refractivity contribution in [3.05, 3.63) is 110 Å². The Hall–Kier alpha value is -3.43. The van der Waals surface area contributed by atoms with Crippen LogP contribution in [-0.4, -0.2) is 26.2 Å². The van der Waals surface area contributed by atoms with E-state index in [-0.39, 0.29) is 23.9 Å². The molecule has 4 rings (SSSR count). The summed E-state index contributed by atoms with van der Waals surface area (Å²) in [5.74, 6) is 0.793. The zero-order valence-electron chi connectivity index (χ0n) is 19.0. The number of nitro groups is 1. The van der Waals surface area contributed by atoms with Crippen molar-refractivity contribution in [1.82, 2.24) is 14.8 Å². The van der Waals surface area contributed by atoms with Crippen LogP contribution in [0.2, 0.25) is 5.02 Å². The van der Waals surface area contributed by atoms with E-state index in [0.29, 0.717) is 27.3 Å². The minimum Gasteiger partial charge on any atom is -0.487 e. The van der Waals surface area contributed by atoms with Gasteiger partial charge in [0.25, 0.3) is 0 Å². The normalized spacial score (nSPS) is 11.9. The molecule has 1 aromatic heterocycles. The largest absolute Gasteiger partial charge is 0.487 e. The van der Waals surface area contributed by atoms with Crippen molar-refractivity contribution < 1.29 is 14.1 Å². The Balaban J connectivity index is 1.56. The highest BCUT2D eigenvalue weighted by molar-refractivity contribution is 7.99. The van der Waals surface area contributed by atoms with Crippen molar-refractivity contribution in [2.75, 3.05) is 6.54 Å². The van der Waals surface area contributed by atoms with Crippen molar-refractivity contribution in [1.29, 1.82) is 0 Å². The minimum atomic E-state index is -0.554. The van der Waals surface area contributed by atoms with Gasteiger partial charge in [-0.25, -0.2) is 4.39 Å². The third kappa shape index (κ3) is 6.17. The zero-order valence-corrected chi connectivity index (χ0v) is 20.6. The lowest BCUT2D eigenvalue weighted by molar-refractivity contribution is -0.479. The molecule has 7 nitrogen and oxygen atoms in total. The Kier molecular flexibility index (Phi) is 7.67. The molecule has 0 spiro atoms. The van der Waals surface area contributed by atoms with E-state index in [1.54, 1.807) is 30.3 Å². The lowest BCUT2D eigenvalue weighted by Crippen LogP contribution is -2.11. The molecule has 180 valence electrons. The number of benzene rings is 3. The van der Waals surface area contributed by atoms with E-state index in [1.165, 1.54) is 23.9 Å². The van der Waals surface area contributed by atoms with Crippen LogP contribution in [-0.2, 0) is 6.61 Å². The molecule has 0 amide bonds. The smallest absolute Gasteiger partial charge is 0.220 e. The summed E-state index contributed by atoms with van der Waals surface area (Å²) in [6, 6.07) is 19.0. The first kappa shape index (κ1) is 24.7. The Morgan fingerprint density at radius 3 is 2.46 bits per heavy atom. The SMILES string of the molecule is Cc1ccc(-n2c(C)nnc2S[C@@H](C[N+](=O)[O-])c2ccc(OCc3ccc(F)cc3)c(Cl)c2)cc1. The molecule has 0 fully saturated rings. The van der Waals surface area contributed by atoms with Crippen molar-refractivity contribution in [2.45, 2.75) is 30.9 Å². The molecule has 0 saturated carbocycles. The average Bonchev–Trinajstić information content (AvgIpc) is 3.19. The van der Waals surface area contributed by atoms with Crippen molar-refractivity contribution in [3.63, 3.8) is 0 Å². The lowest BCUT2D eigenvalue weighted by atomic mass is 10.1. The monoisotopic (exact) mass is 512 g/mol. The summed E-state index contributed by atoms with van der Waals surface area (Å²) in [4.78, 5) is 11.1. The van der Waals surface area contributed by atoms with E-state index in [0.717, 1.165) is 16.8 Å². The molecule has 0 aliphatic rings. The first-order chi connectivity index (χ1) is 16.8. The second kappa shape index (κ2) is 10.9. The summed E-state index contributed by atoms with van der Waals surface area (Å²) in [5, 5.41) is 20.2. The van der Waals surface area contributed by atoms with Gasteiger partial charge in [0, 0.05) is 10.6 Å². The van der Waals surface area contributed by atoms with Crippen molar-refractivity contribution in [3.8, 4) is 11.4 Å². The fourth-order valence-corrected chi connectivity index (χ4v) is 4.87. The van der Waals surface area contributed by atoms with Crippen molar-refractivity contribution in [2.24, 2.45) is 0 Å². The van der Waals surface area contributed by atoms with E-state index in [4.69, 9.17) is 16.3 Å². The van der Waals surface area contributed by atoms with Crippen LogP contribution in [0, 0.1) is 29.8 Å². The van der Waals surface area contributed by atoms with Gasteiger partial charge in [-0.05, 0) is 61.4 Å². The number of hydrogen-bond acceptors (Lipinski definition) is 6. The van der Waals surface area contributed by atoms with Gasteiger partial charge in [0.2, 0.25) is 6.54 Å². The fraction of sp³-hybridized carbons (Fsp3) is 0.200. The molecule has 0 saturated heterocycles. The van der Waals surface area contributed by atoms with Crippen LogP contribution in [0.15, 0.2) is 71.9 Å². The molecule has 0 unspecified atom stereocenters. The lowest BCUT2D eigenvalue weighted by Gasteiger charge is -2.16. The van der Waals surface area contributed by atoms with Gasteiger partial charge >= 0.3 is 0 Å². The second-order valence-corrected chi connectivity index (χ2v) is 9.50. The Morgan fingerprint density at radius 2 is 1.80 bits per heavy atom. The maximum atomic E-state index is 13.1. The van der Waals surface area contributed by atoms with Gasteiger partial charge in [-0.15, -0.1) is 10.2 Å². The molecule has 1 heterocycles. The molecule has 0 N–H and O–H groups in total. The second-order valence-electron chi connectivity index (χ2n) is 7.93. The summed E-state index contributed by atoms with van der Waals surface area (Å²) >= 11 is 7.71. The third-order valence-electron chi connectivity index (χ3n) is 5.29. The van der Waals surface area contributed by atoms with Gasteiger partial charge in [0.1, 0.15) is 29.2 Å². The van der Waals surface area contributed by atoms with Crippen LogP contribution in [0.25, 0.3) is 5.69 Å². The van der Waals surface area contributed by atoms with Crippen LogP contribution in [0.1, 0.15) is 27.8 Å². The fourth-order valence-electron chi connectivity index (χ4n) is 3.46. The maximum absolute atomic E-state index is 13.1. The highest BCUT2D eigenvalue weighted by Gasteiger charge is 2.24. The highest BCUT2D eigenvalue weighted by Crippen LogP contribution is 2.38. The molecule has 35 heavy (non-hydrogen) atoms. The number of thioether (sulfide) groups is 1. The van der Waals surface area contributed by atoms with Gasteiger partial charge in [0.15, 0.2) is 5.16 Å². The predicted molar refractivity (Wildman–Crippen MR) is 133 cm³/mol. The molecular weight excluding hydrogens is 491 g/mol. The predicted octanol–water partition coefficient (Wildman–Crippen LogP) is 6.37. The van der Waals surface area contributed by atoms with Crippen molar-refractivity contribution >= 4 is 23.4 Å². The van der Waals surface area contributed by atoms with Crippen LogP contribution in [0.4, 0.5) is 4.39 Å². The standard InChI is InChI=1S/C25H22ClFN4O3S/c1-16-3-10-21(11-4-16)31-17(2)28-29-25(31)35-24(14-30(32)33)19-7-12-23(22(26)13-19)34-15-18-5-8-20(27)9-6-18/h3-13,24H,14-15H2,1-2H3/t24-/m0/s1. The topological polar surface area (TPSA) is 83.1 Å². The Bertz CT molecular complexity index is 1330. The van der Waals surface area contributed by atoms with Crippen LogP contribution >= 0.6 is 23.4 Å². The van der Waals surface area contributed by atoms with Crippen LogP contribution < -0.4 is 4.74 Å². The van der Waals surface area contributed by atoms with Gasteiger partial charge in [-0.2, -0.15) is 0 Å². The molecule has 0 aliphatic heterocycles. The van der Waals surface area contributed by atoms with E-state index < -0.39 is 5.25 Å². The highest BCUT2D eigenvalue weighted by atomic mass is 35.5. The molecule has 0 aliphatic carbocycles. The maximum Gasteiger partial charge on any atom is 0.220 e. The summed E-state index contributed by atoms with van der Waals surface area (Å²) in [6.07, 6.45) is 0. The summed E-state index contributed by atoms with van der Waals surface area (Å²) < 4.78 is 20.7. The van der Waals surface area contributed by atoms with Gasteiger partial charge < -0.3 is 4.74 Å². The third-order valence-corrected chi connectivity index (χ3v) is 6.76. The molecule has 4 aromatic rings. The van der Waals surface area contributed by atoms with E-state index in [1.807, 2.05) is 42.7 Å². The summed E-state index contributed by atoms with van der Waals surface area (Å²) in [5.41, 5.74) is 3.46. The zero-order chi connectivity index (χ0) is 24.9. The summed E-state index contributed by atoms with van der Waals surface area (Å²) in [6.45, 7) is 3.73. The van der Waals surface area contributed by atoms with Gasteiger partial charge in [-0.1, -0.05) is 59.3 Å². The number of aromatic nitrogens is 3. The first-order valence-corrected chi connectivity index (χ1v) is 12.0. The molecule has 3 aromatic carbocycles. The number of rotatable bonds is 9. The average molecular weight is 513 g/mol. The van der Waals surface area contributed by atoms with Gasteiger partial charge in [-0.3, -0.25) is 14.7 Å². The minimum absolute atomic E-state index is 0.214. The summed E-state index contributed by atoms with van der Waals surface area (Å²) in [7, 11) is 0. The van der Waals surface area contributed by atoms with E-state index >= 15 is 0 Å². The van der Waals surface area contributed by atoms with Crippen LogP contribution in [0.3, 0.4) is 0 Å². The number of aryl methyl sites for hydroxylation is 2. The quantitative estimate of drug-likeness (QED) is 0.147.